The first-order valence-corrected chi connectivity index (χ1v) is 11.3. The number of piperidine rings is 1. The molecule has 33 heavy (non-hydrogen) atoms. The number of hydrogen-bond donors (Lipinski definition) is 1. The largest absolute Gasteiger partial charge is 0.462 e. The van der Waals surface area contributed by atoms with Gasteiger partial charge in [0, 0.05) is 12.1 Å². The van der Waals surface area contributed by atoms with Crippen LogP contribution in [0.5, 0.6) is 0 Å². The fourth-order valence-corrected chi connectivity index (χ4v) is 4.05. The minimum atomic E-state index is -0.448. The standard InChI is InChI=1S/C24H25ClN4O4/c1-2-32-24(31)17-10-11-20(19(25)13-17)26-23(30)18-9-6-12-29(14-18)15-21-27-22(28-33-21)16-7-4-3-5-8-16/h3-5,7-8,10-11,13,18H,2,6,9,12,14-15H2,1H3,(H,26,30). The average Bonchev–Trinajstić information content (AvgIpc) is 3.29. The van der Waals surface area contributed by atoms with Crippen molar-refractivity contribution in [3.05, 3.63) is 65.0 Å². The van der Waals surface area contributed by atoms with Crippen molar-refractivity contribution in [3.63, 3.8) is 0 Å². The molecule has 1 amide bonds. The molecule has 4 rings (SSSR count). The van der Waals surface area contributed by atoms with Gasteiger partial charge >= 0.3 is 5.97 Å². The lowest BCUT2D eigenvalue weighted by atomic mass is 9.97. The smallest absolute Gasteiger partial charge is 0.338 e. The number of halogens is 1. The van der Waals surface area contributed by atoms with E-state index in [1.54, 1.807) is 19.1 Å². The predicted octanol–water partition coefficient (Wildman–Crippen LogP) is 4.42. The lowest BCUT2D eigenvalue weighted by Crippen LogP contribution is -2.40. The number of esters is 1. The summed E-state index contributed by atoms with van der Waals surface area (Å²) >= 11 is 6.28. The van der Waals surface area contributed by atoms with E-state index in [1.165, 1.54) is 6.07 Å². The molecule has 0 spiro atoms. The van der Waals surface area contributed by atoms with Gasteiger partial charge in [-0.15, -0.1) is 0 Å². The maximum atomic E-state index is 12.9. The maximum absolute atomic E-state index is 12.9. The van der Waals surface area contributed by atoms with Gasteiger partial charge in [0.15, 0.2) is 0 Å². The van der Waals surface area contributed by atoms with Crippen LogP contribution in [0.4, 0.5) is 5.69 Å². The highest BCUT2D eigenvalue weighted by molar-refractivity contribution is 6.34. The molecule has 0 aliphatic carbocycles. The Morgan fingerprint density at radius 2 is 2.06 bits per heavy atom. The molecular weight excluding hydrogens is 444 g/mol. The van der Waals surface area contributed by atoms with Crippen molar-refractivity contribution in [2.24, 2.45) is 5.92 Å². The number of ether oxygens (including phenoxy) is 1. The van der Waals surface area contributed by atoms with Crippen molar-refractivity contribution in [1.29, 1.82) is 0 Å². The fourth-order valence-electron chi connectivity index (χ4n) is 3.82. The van der Waals surface area contributed by atoms with E-state index < -0.39 is 5.97 Å². The Kier molecular flexibility index (Phi) is 7.36. The minimum Gasteiger partial charge on any atom is -0.462 e. The quantitative estimate of drug-likeness (QED) is 0.512. The van der Waals surface area contributed by atoms with Crippen LogP contribution in [0.25, 0.3) is 11.4 Å². The van der Waals surface area contributed by atoms with E-state index in [0.717, 1.165) is 24.9 Å². The summed E-state index contributed by atoms with van der Waals surface area (Å²) in [5.41, 5.74) is 1.71. The van der Waals surface area contributed by atoms with Crippen molar-refractivity contribution in [2.75, 3.05) is 25.0 Å². The SMILES string of the molecule is CCOC(=O)c1ccc(NC(=O)C2CCCN(Cc3nc(-c4ccccc4)no3)C2)c(Cl)c1. The number of hydrogen-bond acceptors (Lipinski definition) is 7. The van der Waals surface area contributed by atoms with Gasteiger partial charge in [-0.3, -0.25) is 9.69 Å². The Labute approximate surface area is 196 Å². The van der Waals surface area contributed by atoms with E-state index in [-0.39, 0.29) is 18.4 Å². The van der Waals surface area contributed by atoms with Crippen LogP contribution in [0.1, 0.15) is 36.0 Å². The molecule has 2 aromatic carbocycles. The van der Waals surface area contributed by atoms with Crippen LogP contribution in [0.2, 0.25) is 5.02 Å². The molecule has 1 atom stereocenters. The van der Waals surface area contributed by atoms with Crippen molar-refractivity contribution >= 4 is 29.2 Å². The number of aromatic nitrogens is 2. The van der Waals surface area contributed by atoms with Crippen LogP contribution in [0, 0.1) is 5.92 Å². The third-order valence-corrected chi connectivity index (χ3v) is 5.79. The average molecular weight is 469 g/mol. The highest BCUT2D eigenvalue weighted by Crippen LogP contribution is 2.26. The van der Waals surface area contributed by atoms with Crippen molar-refractivity contribution in [1.82, 2.24) is 15.0 Å². The molecule has 172 valence electrons. The normalized spacial score (nSPS) is 16.4. The zero-order chi connectivity index (χ0) is 23.2. The van der Waals surface area contributed by atoms with Gasteiger partial charge in [-0.1, -0.05) is 47.1 Å². The highest BCUT2D eigenvalue weighted by atomic mass is 35.5. The summed E-state index contributed by atoms with van der Waals surface area (Å²) < 4.78 is 10.4. The minimum absolute atomic E-state index is 0.110. The molecule has 1 aromatic heterocycles. The topological polar surface area (TPSA) is 97.6 Å². The Morgan fingerprint density at radius 1 is 1.24 bits per heavy atom. The van der Waals surface area contributed by atoms with Gasteiger partial charge in [0.25, 0.3) is 0 Å². The van der Waals surface area contributed by atoms with E-state index in [0.29, 0.717) is 41.1 Å². The predicted molar refractivity (Wildman–Crippen MR) is 124 cm³/mol. The maximum Gasteiger partial charge on any atom is 0.338 e. The van der Waals surface area contributed by atoms with Gasteiger partial charge < -0.3 is 14.6 Å². The van der Waals surface area contributed by atoms with Crippen molar-refractivity contribution < 1.29 is 18.8 Å². The summed E-state index contributed by atoms with van der Waals surface area (Å²) in [4.78, 5) is 31.4. The zero-order valence-corrected chi connectivity index (χ0v) is 19.0. The second-order valence-electron chi connectivity index (χ2n) is 7.86. The fraction of sp³-hybridized carbons (Fsp3) is 0.333. The molecule has 2 heterocycles. The number of likely N-dealkylation sites (tertiary alicyclic amines) is 1. The third kappa shape index (κ3) is 5.77. The molecule has 1 aliphatic heterocycles. The molecule has 3 aromatic rings. The molecule has 0 saturated carbocycles. The first-order valence-electron chi connectivity index (χ1n) is 10.9. The van der Waals surface area contributed by atoms with Crippen LogP contribution in [0.15, 0.2) is 53.1 Å². The summed E-state index contributed by atoms with van der Waals surface area (Å²) in [6.07, 6.45) is 1.66. The first-order chi connectivity index (χ1) is 16.0. The van der Waals surface area contributed by atoms with Crippen LogP contribution >= 0.6 is 11.6 Å². The Morgan fingerprint density at radius 3 is 2.82 bits per heavy atom. The van der Waals surface area contributed by atoms with Gasteiger partial charge in [-0.25, -0.2) is 4.79 Å². The summed E-state index contributed by atoms with van der Waals surface area (Å²) in [6.45, 7) is 3.93. The molecule has 9 heteroatoms. The Hall–Kier alpha value is -3.23. The number of nitrogens with zero attached hydrogens (tertiary/aromatic N) is 3. The number of anilines is 1. The molecule has 1 saturated heterocycles. The van der Waals surface area contributed by atoms with E-state index in [2.05, 4.69) is 20.4 Å². The second kappa shape index (κ2) is 10.6. The Balaban J connectivity index is 1.35. The Bertz CT molecular complexity index is 1120. The molecular formula is C24H25ClN4O4. The summed E-state index contributed by atoms with van der Waals surface area (Å²) in [7, 11) is 0. The van der Waals surface area contributed by atoms with E-state index in [1.807, 2.05) is 30.3 Å². The number of rotatable bonds is 7. The van der Waals surface area contributed by atoms with Gasteiger partial charge in [-0.2, -0.15) is 4.98 Å². The van der Waals surface area contributed by atoms with Gasteiger partial charge in [0.2, 0.25) is 17.6 Å². The summed E-state index contributed by atoms with van der Waals surface area (Å²) in [5.74, 6) is 0.319. The van der Waals surface area contributed by atoms with E-state index in [9.17, 15) is 9.59 Å². The number of carbonyl (C=O) groups is 2. The molecule has 1 N–H and O–H groups in total. The van der Waals surface area contributed by atoms with Gasteiger partial charge in [0.1, 0.15) is 0 Å². The monoisotopic (exact) mass is 468 g/mol. The number of carbonyl (C=O) groups excluding carboxylic acids is 2. The highest BCUT2D eigenvalue weighted by Gasteiger charge is 2.27. The molecule has 8 nitrogen and oxygen atoms in total. The molecule has 0 radical (unpaired) electrons. The van der Waals surface area contributed by atoms with Crippen LogP contribution in [-0.2, 0) is 16.1 Å². The molecule has 1 unspecified atom stereocenters. The number of nitrogens with one attached hydrogen (secondary N) is 1. The molecule has 1 aliphatic rings. The van der Waals surface area contributed by atoms with E-state index >= 15 is 0 Å². The lowest BCUT2D eigenvalue weighted by molar-refractivity contribution is -0.121. The van der Waals surface area contributed by atoms with Crippen LogP contribution < -0.4 is 5.32 Å². The summed E-state index contributed by atoms with van der Waals surface area (Å²) in [5, 5.41) is 7.24. The third-order valence-electron chi connectivity index (χ3n) is 5.47. The van der Waals surface area contributed by atoms with Crippen LogP contribution in [0.3, 0.4) is 0 Å². The van der Waals surface area contributed by atoms with Crippen LogP contribution in [-0.4, -0.2) is 46.6 Å². The summed E-state index contributed by atoms with van der Waals surface area (Å²) in [6, 6.07) is 14.4. The van der Waals surface area contributed by atoms with Crippen molar-refractivity contribution in [2.45, 2.75) is 26.3 Å². The molecule has 0 bridgehead atoms. The van der Waals surface area contributed by atoms with Crippen molar-refractivity contribution in [3.8, 4) is 11.4 Å². The number of benzene rings is 2. The van der Waals surface area contributed by atoms with Gasteiger partial charge in [-0.05, 0) is 44.5 Å². The van der Waals surface area contributed by atoms with E-state index in [4.69, 9.17) is 20.9 Å². The lowest BCUT2D eigenvalue weighted by Gasteiger charge is -2.30. The molecule has 1 fully saturated rings. The number of amides is 1. The second-order valence-corrected chi connectivity index (χ2v) is 8.26. The zero-order valence-electron chi connectivity index (χ0n) is 18.3. The first kappa shape index (κ1) is 22.9. The van der Waals surface area contributed by atoms with Gasteiger partial charge in [0.05, 0.1) is 35.3 Å².